The number of nitrogens with two attached hydrogens (primary N) is 7. The second-order valence-electron chi connectivity index (χ2n) is 21.4. The average molecular weight is 1130 g/mol. The van der Waals surface area contributed by atoms with E-state index in [1.54, 1.807) is 33.1 Å². The molecule has 8 atom stereocenters. The molecule has 24 heteroatoms. The number of nitrogens with zero attached hydrogens (tertiary/aromatic N) is 7. The first-order chi connectivity index (χ1) is 37.6. The number of rotatable bonds is 50. The Labute approximate surface area is 474 Å². The van der Waals surface area contributed by atoms with E-state index in [-0.39, 0.29) is 81.9 Å². The fourth-order valence-electron chi connectivity index (χ4n) is 10.1. The maximum Gasteiger partial charge on any atom is 0.263 e. The van der Waals surface area contributed by atoms with Crippen molar-refractivity contribution in [1.82, 2.24) is 40.3 Å². The Morgan fingerprint density at radius 2 is 0.722 bits per heavy atom. The van der Waals surface area contributed by atoms with Crippen LogP contribution in [0.1, 0.15) is 163 Å². The number of Topliss-reactive ketones (excluding diaryl/α,β-unsaturated/α-hetero) is 5. The van der Waals surface area contributed by atoms with E-state index in [1.165, 1.54) is 64.8 Å². The lowest BCUT2D eigenvalue weighted by molar-refractivity contribution is -0.238. The van der Waals surface area contributed by atoms with Crippen molar-refractivity contribution >= 4 is 46.6 Å². The molecule has 0 saturated carbocycles. The molecule has 0 aromatic heterocycles. The molecule has 79 heavy (non-hydrogen) atoms. The van der Waals surface area contributed by atoms with Crippen LogP contribution in [0.5, 0.6) is 0 Å². The summed E-state index contributed by atoms with van der Waals surface area (Å²) in [6, 6.07) is -9.08. The largest absolute Gasteiger partial charge is 0.389 e. The van der Waals surface area contributed by atoms with Gasteiger partial charge in [0, 0.05) is 21.1 Å². The van der Waals surface area contributed by atoms with Crippen LogP contribution in [-0.4, -0.2) is 229 Å². The number of hydrogen-bond donors (Lipinski definition) is 9. The van der Waals surface area contributed by atoms with Crippen LogP contribution in [0, 0.1) is 0 Å². The minimum Gasteiger partial charge on any atom is -0.389 e. The van der Waals surface area contributed by atoms with Crippen molar-refractivity contribution in [2.75, 3.05) is 94.2 Å². The molecule has 0 fully saturated rings. The van der Waals surface area contributed by atoms with Crippen LogP contribution in [-0.2, 0) is 38.4 Å². The van der Waals surface area contributed by atoms with Crippen molar-refractivity contribution in [3.63, 3.8) is 0 Å². The molecule has 0 unspecified atom stereocenters. The lowest BCUT2D eigenvalue weighted by Gasteiger charge is -2.52. The van der Waals surface area contributed by atoms with Gasteiger partial charge in [-0.25, -0.2) is 15.0 Å². The fraction of sp³-hybridized carbons (Fsp3) is 0.855. The molecule has 0 spiro atoms. The number of carbonyl (C=O) groups excluding carboxylic acids is 8. The monoisotopic (exact) mass is 1130 g/mol. The van der Waals surface area contributed by atoms with Crippen LogP contribution in [0.15, 0.2) is 0 Å². The van der Waals surface area contributed by atoms with E-state index >= 15 is 19.2 Å². The number of amides is 3. The predicted octanol–water partition coefficient (Wildman–Crippen LogP) is -0.0670. The zero-order valence-corrected chi connectivity index (χ0v) is 50.2. The summed E-state index contributed by atoms with van der Waals surface area (Å²) >= 11 is 0. The highest BCUT2D eigenvalue weighted by atomic mass is 16.3. The quantitative estimate of drug-likeness (QED) is 0.0284. The molecule has 0 aliphatic carbocycles. The van der Waals surface area contributed by atoms with Crippen LogP contribution in [0.2, 0.25) is 0 Å². The summed E-state index contributed by atoms with van der Waals surface area (Å²) in [5, 5.41) is 19.8. The van der Waals surface area contributed by atoms with E-state index in [4.69, 9.17) is 40.1 Å². The van der Waals surface area contributed by atoms with Crippen molar-refractivity contribution in [2.24, 2.45) is 40.1 Å². The molecule has 16 N–H and O–H groups in total. The van der Waals surface area contributed by atoms with E-state index < -0.39 is 90.8 Å². The number of carbonyl (C=O) groups is 8. The topological polar surface area (TPSA) is 374 Å². The van der Waals surface area contributed by atoms with E-state index in [0.717, 1.165) is 0 Å². The number of unbranched alkanes of at least 4 members (excludes halogenated alkanes) is 7. The number of ketones is 5. The first-order valence-electron chi connectivity index (χ1n) is 29.2. The Morgan fingerprint density at radius 1 is 0.392 bits per heavy atom. The summed E-state index contributed by atoms with van der Waals surface area (Å²) in [7, 11) is 8.23. The Hall–Kier alpha value is -3.76. The van der Waals surface area contributed by atoms with Gasteiger partial charge in [-0.2, -0.15) is 0 Å². The molecular weight excluding hydrogens is 1010 g/mol. The summed E-state index contributed by atoms with van der Waals surface area (Å²) in [5.41, 5.74) is 42.2. The molecule has 0 bridgehead atoms. The second kappa shape index (κ2) is 43.0. The molecule has 460 valence electrons. The summed E-state index contributed by atoms with van der Waals surface area (Å²) in [4.78, 5) is 122. The van der Waals surface area contributed by atoms with Gasteiger partial charge < -0.3 is 55.5 Å². The standard InChI is InChI=1S/C55H111N15O9/c1-40(52(76)39-71)63-38-51(75)47(27-13-20-34-59)69(55(79)49(29-15-22-36-61)68(54(78)48(64(5)6)28-14-21-35-60)66(8)45(42(3)73)25-11-18-32-57)70(67(9)46(43(4)74)26-12-19-33-58)50(30-16-23-37-62)53(77)65(7)44(41(2)72)24-10-17-31-56/h40,44-50,63,71H,10-39,56-62H2,1-9H3/t40-,44-,45-,46-,47-,48-,49-,50-/m0/s1. The van der Waals surface area contributed by atoms with Crippen molar-refractivity contribution < 1.29 is 43.5 Å². The second-order valence-corrected chi connectivity index (χ2v) is 21.4. The van der Waals surface area contributed by atoms with E-state index in [2.05, 4.69) is 5.32 Å². The van der Waals surface area contributed by atoms with Gasteiger partial charge in [-0.05, 0) is 203 Å². The summed E-state index contributed by atoms with van der Waals surface area (Å²) in [6.07, 6.45) is 7.54. The van der Waals surface area contributed by atoms with Gasteiger partial charge in [0.25, 0.3) is 11.8 Å². The van der Waals surface area contributed by atoms with Gasteiger partial charge in [-0.3, -0.25) is 48.3 Å². The van der Waals surface area contributed by atoms with Gasteiger partial charge in [0.15, 0.2) is 17.3 Å². The third kappa shape index (κ3) is 25.9. The van der Waals surface area contributed by atoms with Gasteiger partial charge in [-0.15, -0.1) is 5.12 Å². The molecule has 0 rings (SSSR count). The summed E-state index contributed by atoms with van der Waals surface area (Å²) in [5.74, 6) is -3.99. The molecule has 3 amide bonds. The highest BCUT2D eigenvalue weighted by molar-refractivity contribution is 5.96. The van der Waals surface area contributed by atoms with Gasteiger partial charge in [-0.1, -0.05) is 19.3 Å². The molecule has 24 nitrogen and oxygen atoms in total. The number of aliphatic hydroxyl groups excluding tert-OH is 1. The minimum absolute atomic E-state index is 0.0110. The molecular formula is C55H111N15O9. The van der Waals surface area contributed by atoms with Crippen molar-refractivity contribution in [3.8, 4) is 0 Å². The number of hydrazine groups is 3. The molecule has 0 heterocycles. The zero-order chi connectivity index (χ0) is 60.2. The number of likely N-dealkylation sites (N-methyl/N-ethyl adjacent to an activating group) is 4. The third-order valence-electron chi connectivity index (χ3n) is 14.9. The van der Waals surface area contributed by atoms with E-state index in [0.29, 0.717) is 116 Å². The van der Waals surface area contributed by atoms with Crippen LogP contribution in [0.4, 0.5) is 0 Å². The fourth-order valence-corrected chi connectivity index (χ4v) is 10.1. The lowest BCUT2D eigenvalue weighted by Crippen LogP contribution is -2.72. The maximum atomic E-state index is 17.2. The Bertz CT molecular complexity index is 1780. The molecule has 0 aliphatic rings. The van der Waals surface area contributed by atoms with Crippen LogP contribution < -0.4 is 45.5 Å². The Balaban J connectivity index is 9.80. The average Bonchev–Trinajstić information content (AvgIpc) is 3.43. The highest BCUT2D eigenvalue weighted by Gasteiger charge is 2.50. The van der Waals surface area contributed by atoms with Gasteiger partial charge in [0.2, 0.25) is 5.91 Å². The van der Waals surface area contributed by atoms with Gasteiger partial charge in [0.1, 0.15) is 36.3 Å². The SMILES string of the molecule is CC(=O)[C@H](CCCCN)N(C)C(=O)[C@H](CCCCN)N(N(C)[C@@H](CCCCN)C(C)=O)N(C(=O)[C@H](CCCCN)N(C(=O)[C@H](CCCCN)N(C)C)N(C)[C@@H](CCCCN)C(C)=O)[C@@H](CCCCN)C(=O)CN[C@@H](C)C(=O)CO. The third-order valence-corrected chi connectivity index (χ3v) is 14.9. The van der Waals surface area contributed by atoms with E-state index in [1.807, 2.05) is 0 Å². The first-order valence-corrected chi connectivity index (χ1v) is 29.2. The van der Waals surface area contributed by atoms with Crippen LogP contribution in [0.3, 0.4) is 0 Å². The van der Waals surface area contributed by atoms with Gasteiger partial charge in [0.05, 0.1) is 36.8 Å². The predicted molar refractivity (Wildman–Crippen MR) is 311 cm³/mol. The molecule has 0 aromatic carbocycles. The van der Waals surface area contributed by atoms with Gasteiger partial charge >= 0.3 is 0 Å². The Morgan fingerprint density at radius 3 is 1.09 bits per heavy atom. The molecule has 0 aliphatic heterocycles. The number of aliphatic hydroxyl groups is 1. The summed E-state index contributed by atoms with van der Waals surface area (Å²) < 4.78 is 0. The molecule has 0 radical (unpaired) electrons. The van der Waals surface area contributed by atoms with Crippen LogP contribution >= 0.6 is 0 Å². The molecule has 0 saturated heterocycles. The number of nitrogens with one attached hydrogen (secondary N) is 1. The van der Waals surface area contributed by atoms with Crippen molar-refractivity contribution in [1.29, 1.82) is 0 Å². The molecule has 0 aromatic rings. The van der Waals surface area contributed by atoms with Crippen molar-refractivity contribution in [2.45, 2.75) is 211 Å². The normalized spacial score (nSPS) is 14.9. The highest BCUT2D eigenvalue weighted by Crippen LogP contribution is 2.31. The summed E-state index contributed by atoms with van der Waals surface area (Å²) in [6.45, 7) is 6.54. The smallest absolute Gasteiger partial charge is 0.263 e. The first kappa shape index (κ1) is 75.2. The van der Waals surface area contributed by atoms with Crippen LogP contribution in [0.25, 0.3) is 0 Å². The minimum atomic E-state index is -1.49. The zero-order valence-electron chi connectivity index (χ0n) is 50.2. The lowest BCUT2D eigenvalue weighted by atomic mass is 9.98. The Kier molecular flexibility index (Phi) is 40.9. The maximum absolute atomic E-state index is 17.2. The van der Waals surface area contributed by atoms with Crippen molar-refractivity contribution in [3.05, 3.63) is 0 Å². The number of hydrogen-bond acceptors (Lipinski definition) is 21. The van der Waals surface area contributed by atoms with E-state index in [9.17, 15) is 24.3 Å².